The molecule has 0 bridgehead atoms. The Labute approximate surface area is 159 Å². The second-order valence-electron chi connectivity index (χ2n) is 6.74. The van der Waals surface area contributed by atoms with Gasteiger partial charge in [-0.05, 0) is 19.3 Å². The fourth-order valence-electron chi connectivity index (χ4n) is 3.21. The number of likely N-dealkylation sites (tertiary alicyclic amines) is 1. The number of hydrogen-bond acceptors (Lipinski definition) is 6. The molecular weight excluding hydrogens is 368 g/mol. The minimum absolute atomic E-state index is 0.0190. The van der Waals surface area contributed by atoms with Crippen molar-refractivity contribution in [2.75, 3.05) is 19.3 Å². The zero-order valence-corrected chi connectivity index (χ0v) is 16.1. The number of aryl methyl sites for hydroxylation is 1. The van der Waals surface area contributed by atoms with E-state index < -0.39 is 10.0 Å². The van der Waals surface area contributed by atoms with Gasteiger partial charge in [0, 0.05) is 37.5 Å². The van der Waals surface area contributed by atoms with Gasteiger partial charge in [0.05, 0.1) is 6.26 Å². The van der Waals surface area contributed by atoms with Crippen LogP contribution < -0.4 is 4.72 Å². The second kappa shape index (κ2) is 8.62. The largest absolute Gasteiger partial charge is 0.339 e. The van der Waals surface area contributed by atoms with Gasteiger partial charge < -0.3 is 9.42 Å². The molecule has 1 aliphatic rings. The summed E-state index contributed by atoms with van der Waals surface area (Å²) >= 11 is 0. The quantitative estimate of drug-likeness (QED) is 0.767. The van der Waals surface area contributed by atoms with Crippen molar-refractivity contribution in [3.05, 3.63) is 36.2 Å². The van der Waals surface area contributed by atoms with E-state index in [9.17, 15) is 13.2 Å². The molecule has 1 atom stereocenters. The molecule has 1 N–H and O–H groups in total. The number of rotatable bonds is 7. The Morgan fingerprint density at radius 1 is 1.30 bits per heavy atom. The second-order valence-corrected chi connectivity index (χ2v) is 8.57. The number of nitrogens with one attached hydrogen (secondary N) is 1. The molecule has 9 heteroatoms. The first kappa shape index (κ1) is 19.5. The number of aromatic nitrogens is 2. The first-order valence-corrected chi connectivity index (χ1v) is 10.9. The molecule has 1 unspecified atom stereocenters. The van der Waals surface area contributed by atoms with Crippen LogP contribution in [0.15, 0.2) is 34.9 Å². The maximum atomic E-state index is 12.6. The van der Waals surface area contributed by atoms with Gasteiger partial charge in [0.2, 0.25) is 27.6 Å². The molecule has 27 heavy (non-hydrogen) atoms. The Balaban J connectivity index is 1.57. The van der Waals surface area contributed by atoms with Crippen LogP contribution in [0.3, 0.4) is 0 Å². The fraction of sp³-hybridized carbons (Fsp3) is 0.500. The minimum Gasteiger partial charge on any atom is -0.339 e. The number of carbonyl (C=O) groups excluding carboxylic acids is 1. The van der Waals surface area contributed by atoms with Crippen molar-refractivity contribution in [3.8, 4) is 11.4 Å². The van der Waals surface area contributed by atoms with Gasteiger partial charge in [-0.15, -0.1) is 0 Å². The van der Waals surface area contributed by atoms with E-state index in [4.69, 9.17) is 4.52 Å². The third-order valence-corrected chi connectivity index (χ3v) is 5.27. The lowest BCUT2D eigenvalue weighted by atomic mass is 10.0. The Kier molecular flexibility index (Phi) is 6.22. The monoisotopic (exact) mass is 392 g/mol. The molecule has 1 aromatic heterocycles. The number of benzene rings is 1. The maximum absolute atomic E-state index is 12.6. The van der Waals surface area contributed by atoms with Crippen LogP contribution in [0, 0.1) is 0 Å². The summed E-state index contributed by atoms with van der Waals surface area (Å²) < 4.78 is 30.4. The van der Waals surface area contributed by atoms with Crippen molar-refractivity contribution >= 4 is 15.9 Å². The van der Waals surface area contributed by atoms with Gasteiger partial charge in [-0.1, -0.05) is 35.5 Å². The highest BCUT2D eigenvalue weighted by Gasteiger charge is 2.27. The Hall–Kier alpha value is -2.26. The zero-order valence-electron chi connectivity index (χ0n) is 15.3. The molecule has 0 spiro atoms. The van der Waals surface area contributed by atoms with Crippen LogP contribution in [0.4, 0.5) is 0 Å². The molecule has 1 saturated heterocycles. The predicted octanol–water partition coefficient (Wildman–Crippen LogP) is 1.60. The third kappa shape index (κ3) is 5.61. The third-order valence-electron chi connectivity index (χ3n) is 4.58. The van der Waals surface area contributed by atoms with Gasteiger partial charge in [-0.3, -0.25) is 4.79 Å². The lowest BCUT2D eigenvalue weighted by Gasteiger charge is -2.35. The van der Waals surface area contributed by atoms with Crippen molar-refractivity contribution in [1.82, 2.24) is 19.8 Å². The van der Waals surface area contributed by atoms with E-state index in [1.165, 1.54) is 0 Å². The predicted molar refractivity (Wildman–Crippen MR) is 100 cm³/mol. The summed E-state index contributed by atoms with van der Waals surface area (Å²) in [6, 6.07) is 9.39. The van der Waals surface area contributed by atoms with E-state index in [0.717, 1.165) is 31.1 Å². The summed E-state index contributed by atoms with van der Waals surface area (Å²) in [7, 11) is -3.27. The molecule has 2 aromatic rings. The summed E-state index contributed by atoms with van der Waals surface area (Å²) in [6.07, 6.45) is 4.46. The number of amides is 1. The maximum Gasteiger partial charge on any atom is 0.227 e. The first-order valence-electron chi connectivity index (χ1n) is 9.04. The molecular formula is C18H24N4O4S. The summed E-state index contributed by atoms with van der Waals surface area (Å²) in [5, 5.41) is 3.96. The van der Waals surface area contributed by atoms with E-state index in [-0.39, 0.29) is 24.9 Å². The smallest absolute Gasteiger partial charge is 0.227 e. The number of hydrogen-bond donors (Lipinski definition) is 1. The zero-order chi connectivity index (χ0) is 19.3. The standard InChI is InChI=1S/C18H24N4O4S/c1-27(24,25)19-13-15-9-5-6-12-22(15)17(23)11-10-16-20-18(21-26-16)14-7-3-2-4-8-14/h2-4,7-8,15,19H,5-6,9-13H2,1H3. The summed E-state index contributed by atoms with van der Waals surface area (Å²) in [5.74, 6) is 0.908. The Morgan fingerprint density at radius 2 is 2.07 bits per heavy atom. The SMILES string of the molecule is CS(=O)(=O)NCC1CCCCN1C(=O)CCc1nc(-c2ccccc2)no1. The molecule has 8 nitrogen and oxygen atoms in total. The van der Waals surface area contributed by atoms with E-state index >= 15 is 0 Å². The Morgan fingerprint density at radius 3 is 2.81 bits per heavy atom. The minimum atomic E-state index is -3.27. The lowest BCUT2D eigenvalue weighted by Crippen LogP contribution is -2.49. The molecule has 1 aliphatic heterocycles. The van der Waals surface area contributed by atoms with E-state index in [0.29, 0.717) is 24.7 Å². The van der Waals surface area contributed by atoms with Gasteiger partial charge in [-0.2, -0.15) is 4.98 Å². The van der Waals surface area contributed by atoms with Crippen LogP contribution >= 0.6 is 0 Å². The highest BCUT2D eigenvalue weighted by molar-refractivity contribution is 7.88. The summed E-state index contributed by atoms with van der Waals surface area (Å²) in [4.78, 5) is 18.8. The van der Waals surface area contributed by atoms with Gasteiger partial charge in [0.1, 0.15) is 0 Å². The normalized spacial score (nSPS) is 17.8. The van der Waals surface area contributed by atoms with Gasteiger partial charge in [-0.25, -0.2) is 13.1 Å². The molecule has 2 heterocycles. The molecule has 0 radical (unpaired) electrons. The molecule has 146 valence electrons. The van der Waals surface area contributed by atoms with Gasteiger partial charge in [0.15, 0.2) is 0 Å². The number of carbonyl (C=O) groups is 1. The van der Waals surface area contributed by atoms with Gasteiger partial charge in [0.25, 0.3) is 0 Å². The van der Waals surface area contributed by atoms with Crippen molar-refractivity contribution in [3.63, 3.8) is 0 Å². The van der Waals surface area contributed by atoms with Crippen LogP contribution in [0.25, 0.3) is 11.4 Å². The molecule has 1 amide bonds. The average molecular weight is 392 g/mol. The topological polar surface area (TPSA) is 105 Å². The number of piperidine rings is 1. The fourth-order valence-corrected chi connectivity index (χ4v) is 3.70. The lowest BCUT2D eigenvalue weighted by molar-refractivity contribution is -0.134. The van der Waals surface area contributed by atoms with Crippen molar-refractivity contribution < 1.29 is 17.7 Å². The van der Waals surface area contributed by atoms with E-state index in [1.54, 1.807) is 4.90 Å². The molecule has 1 fully saturated rings. The number of sulfonamides is 1. The molecule has 0 aliphatic carbocycles. The molecule has 0 saturated carbocycles. The highest BCUT2D eigenvalue weighted by atomic mass is 32.2. The van der Waals surface area contributed by atoms with Crippen molar-refractivity contribution in [2.45, 2.75) is 38.1 Å². The van der Waals surface area contributed by atoms with Crippen molar-refractivity contribution in [2.24, 2.45) is 0 Å². The van der Waals surface area contributed by atoms with Crippen molar-refractivity contribution in [1.29, 1.82) is 0 Å². The first-order chi connectivity index (χ1) is 12.9. The highest BCUT2D eigenvalue weighted by Crippen LogP contribution is 2.19. The van der Waals surface area contributed by atoms with Crippen LogP contribution in [0.5, 0.6) is 0 Å². The average Bonchev–Trinajstić information content (AvgIpc) is 3.14. The van der Waals surface area contributed by atoms with E-state index in [1.807, 2.05) is 30.3 Å². The van der Waals surface area contributed by atoms with Crippen LogP contribution in [-0.2, 0) is 21.2 Å². The van der Waals surface area contributed by atoms with Crippen LogP contribution in [-0.4, -0.2) is 54.8 Å². The van der Waals surface area contributed by atoms with Crippen LogP contribution in [0.1, 0.15) is 31.6 Å². The number of nitrogens with zero attached hydrogens (tertiary/aromatic N) is 3. The van der Waals surface area contributed by atoms with E-state index in [2.05, 4.69) is 14.9 Å². The Bertz CT molecular complexity index is 866. The molecule has 1 aromatic carbocycles. The summed E-state index contributed by atoms with van der Waals surface area (Å²) in [5.41, 5.74) is 0.863. The van der Waals surface area contributed by atoms with Gasteiger partial charge >= 0.3 is 0 Å². The molecule has 3 rings (SSSR count). The summed E-state index contributed by atoms with van der Waals surface area (Å²) in [6.45, 7) is 0.900. The van der Waals surface area contributed by atoms with Crippen LogP contribution in [0.2, 0.25) is 0 Å².